The van der Waals surface area contributed by atoms with Gasteiger partial charge in [0.1, 0.15) is 6.10 Å². The van der Waals surface area contributed by atoms with Crippen LogP contribution in [0.4, 0.5) is 0 Å². The predicted molar refractivity (Wildman–Crippen MR) is 86.6 cm³/mol. The van der Waals surface area contributed by atoms with Crippen molar-refractivity contribution in [3.05, 3.63) is 77.5 Å². The zero-order valence-electron chi connectivity index (χ0n) is 12.4. The van der Waals surface area contributed by atoms with Gasteiger partial charge in [-0.1, -0.05) is 48.0 Å². The molecular weight excluding hydrogens is 274 g/mol. The molecule has 0 aliphatic carbocycles. The van der Waals surface area contributed by atoms with E-state index in [4.69, 9.17) is 0 Å². The number of Topliss-reactive ketones (excluding diaryl/α,β-unsaturated/α-hetero) is 1. The highest BCUT2D eigenvalue weighted by molar-refractivity contribution is 5.91. The van der Waals surface area contributed by atoms with Gasteiger partial charge in [0.05, 0.1) is 5.52 Å². The molecule has 1 heterocycles. The molecule has 3 nitrogen and oxygen atoms in total. The van der Waals surface area contributed by atoms with E-state index in [2.05, 4.69) is 4.98 Å². The van der Waals surface area contributed by atoms with Crippen LogP contribution in [0.1, 0.15) is 22.8 Å². The molecule has 110 valence electrons. The summed E-state index contributed by atoms with van der Waals surface area (Å²) in [6.45, 7) is 1.97. The molecule has 1 unspecified atom stereocenters. The second kappa shape index (κ2) is 6.08. The Hall–Kier alpha value is -2.52. The first-order valence-electron chi connectivity index (χ1n) is 7.25. The number of hydrogen-bond donors (Lipinski definition) is 1. The van der Waals surface area contributed by atoms with Gasteiger partial charge in [0.15, 0.2) is 5.78 Å². The van der Waals surface area contributed by atoms with Gasteiger partial charge in [-0.25, -0.2) is 0 Å². The number of benzene rings is 2. The fourth-order valence-corrected chi connectivity index (χ4v) is 2.54. The van der Waals surface area contributed by atoms with Gasteiger partial charge in [-0.05, 0) is 30.2 Å². The minimum atomic E-state index is -1.09. The third-order valence-electron chi connectivity index (χ3n) is 3.80. The fraction of sp³-hybridized carbons (Fsp3) is 0.158. The van der Waals surface area contributed by atoms with Gasteiger partial charge in [0.25, 0.3) is 0 Å². The van der Waals surface area contributed by atoms with E-state index in [1.54, 1.807) is 18.3 Å². The van der Waals surface area contributed by atoms with Crippen molar-refractivity contribution >= 4 is 16.7 Å². The molecular formula is C19H17NO2. The van der Waals surface area contributed by atoms with E-state index in [0.29, 0.717) is 5.56 Å². The Kier molecular flexibility index (Phi) is 3.98. The van der Waals surface area contributed by atoms with E-state index in [1.807, 2.05) is 49.4 Å². The van der Waals surface area contributed by atoms with Crippen molar-refractivity contribution in [3.8, 4) is 0 Å². The second-order valence-electron chi connectivity index (χ2n) is 5.44. The number of aliphatic hydroxyl groups excluding tert-OH is 1. The van der Waals surface area contributed by atoms with E-state index < -0.39 is 6.10 Å². The Morgan fingerprint density at radius 2 is 1.86 bits per heavy atom. The number of aryl methyl sites for hydroxylation is 1. The molecule has 0 radical (unpaired) electrons. The Labute approximate surface area is 129 Å². The number of carbonyl (C=O) groups is 1. The molecule has 3 aromatic rings. The molecule has 0 amide bonds. The van der Waals surface area contributed by atoms with Crippen molar-refractivity contribution in [2.75, 3.05) is 0 Å². The average molecular weight is 291 g/mol. The standard InChI is InChI=1S/C19H17NO2/c1-13-7-9-14(10-8-13)19(22)18(21)12-15-4-2-6-17-16(15)5-3-11-20-17/h2-11,19,22H,12H2,1H3. The Balaban J connectivity index is 1.85. The van der Waals surface area contributed by atoms with Crippen molar-refractivity contribution in [2.24, 2.45) is 0 Å². The van der Waals surface area contributed by atoms with Crippen LogP contribution >= 0.6 is 0 Å². The van der Waals surface area contributed by atoms with Gasteiger partial charge >= 0.3 is 0 Å². The van der Waals surface area contributed by atoms with Crippen LogP contribution in [0.5, 0.6) is 0 Å². The van der Waals surface area contributed by atoms with Crippen molar-refractivity contribution in [1.29, 1.82) is 0 Å². The van der Waals surface area contributed by atoms with Crippen LogP contribution in [0, 0.1) is 6.92 Å². The molecule has 1 aromatic heterocycles. The highest BCUT2D eigenvalue weighted by Gasteiger charge is 2.18. The second-order valence-corrected chi connectivity index (χ2v) is 5.44. The molecule has 1 atom stereocenters. The summed E-state index contributed by atoms with van der Waals surface area (Å²) in [5.74, 6) is -0.208. The normalized spacial score (nSPS) is 12.3. The Morgan fingerprint density at radius 1 is 1.09 bits per heavy atom. The minimum absolute atomic E-state index is 0.193. The maximum absolute atomic E-state index is 12.4. The third kappa shape index (κ3) is 2.90. The zero-order valence-corrected chi connectivity index (χ0v) is 12.4. The smallest absolute Gasteiger partial charge is 0.170 e. The molecule has 0 spiro atoms. The third-order valence-corrected chi connectivity index (χ3v) is 3.80. The molecule has 0 saturated heterocycles. The number of ketones is 1. The Bertz CT molecular complexity index is 804. The van der Waals surface area contributed by atoms with Gasteiger partial charge in [-0.3, -0.25) is 9.78 Å². The maximum Gasteiger partial charge on any atom is 0.170 e. The van der Waals surface area contributed by atoms with Gasteiger partial charge in [-0.2, -0.15) is 0 Å². The fourth-order valence-electron chi connectivity index (χ4n) is 2.54. The number of nitrogens with zero attached hydrogens (tertiary/aromatic N) is 1. The molecule has 3 rings (SSSR count). The summed E-state index contributed by atoms with van der Waals surface area (Å²) in [5.41, 5.74) is 3.48. The Morgan fingerprint density at radius 3 is 2.64 bits per heavy atom. The molecule has 0 saturated carbocycles. The van der Waals surface area contributed by atoms with Crippen LogP contribution in [0.25, 0.3) is 10.9 Å². The summed E-state index contributed by atoms with van der Waals surface area (Å²) in [6.07, 6.45) is 0.834. The number of aromatic nitrogens is 1. The lowest BCUT2D eigenvalue weighted by atomic mass is 9.97. The van der Waals surface area contributed by atoms with Crippen LogP contribution in [0.2, 0.25) is 0 Å². The quantitative estimate of drug-likeness (QED) is 0.801. The van der Waals surface area contributed by atoms with Crippen LogP contribution < -0.4 is 0 Å². The zero-order chi connectivity index (χ0) is 15.5. The average Bonchev–Trinajstić information content (AvgIpc) is 2.55. The molecule has 0 aliphatic rings. The van der Waals surface area contributed by atoms with Crippen LogP contribution in [0.15, 0.2) is 60.8 Å². The number of rotatable bonds is 4. The first-order chi connectivity index (χ1) is 10.6. The monoisotopic (exact) mass is 291 g/mol. The summed E-state index contributed by atoms with van der Waals surface area (Å²) < 4.78 is 0. The van der Waals surface area contributed by atoms with Gasteiger partial charge in [0.2, 0.25) is 0 Å². The highest BCUT2D eigenvalue weighted by atomic mass is 16.3. The molecule has 0 fully saturated rings. The summed E-state index contributed by atoms with van der Waals surface area (Å²) in [5, 5.41) is 11.2. The predicted octanol–water partition coefficient (Wildman–Crippen LogP) is 3.39. The number of pyridine rings is 1. The molecule has 3 heteroatoms. The highest BCUT2D eigenvalue weighted by Crippen LogP contribution is 2.21. The molecule has 0 aliphatic heterocycles. The van der Waals surface area contributed by atoms with Crippen LogP contribution in [-0.4, -0.2) is 15.9 Å². The molecule has 22 heavy (non-hydrogen) atoms. The molecule has 1 N–H and O–H groups in total. The number of fused-ring (bicyclic) bond motifs is 1. The van der Waals surface area contributed by atoms with Crippen molar-refractivity contribution in [1.82, 2.24) is 4.98 Å². The van der Waals surface area contributed by atoms with Crippen LogP contribution in [-0.2, 0) is 11.2 Å². The lowest BCUT2D eigenvalue weighted by molar-refractivity contribution is -0.126. The number of hydrogen-bond acceptors (Lipinski definition) is 3. The topological polar surface area (TPSA) is 50.2 Å². The maximum atomic E-state index is 12.4. The van der Waals surface area contributed by atoms with Crippen LogP contribution in [0.3, 0.4) is 0 Å². The van der Waals surface area contributed by atoms with E-state index in [-0.39, 0.29) is 12.2 Å². The SMILES string of the molecule is Cc1ccc(C(O)C(=O)Cc2cccc3ncccc23)cc1. The lowest BCUT2D eigenvalue weighted by Gasteiger charge is -2.11. The van der Waals surface area contributed by atoms with Gasteiger partial charge in [0, 0.05) is 18.0 Å². The van der Waals surface area contributed by atoms with E-state index in [0.717, 1.165) is 22.0 Å². The molecule has 0 bridgehead atoms. The number of aliphatic hydroxyl groups is 1. The lowest BCUT2D eigenvalue weighted by Crippen LogP contribution is -2.14. The minimum Gasteiger partial charge on any atom is -0.381 e. The van der Waals surface area contributed by atoms with E-state index in [9.17, 15) is 9.90 Å². The summed E-state index contributed by atoms with van der Waals surface area (Å²) in [7, 11) is 0. The number of carbonyl (C=O) groups excluding carboxylic acids is 1. The molecule has 2 aromatic carbocycles. The largest absolute Gasteiger partial charge is 0.381 e. The summed E-state index contributed by atoms with van der Waals surface area (Å²) in [4.78, 5) is 16.7. The first-order valence-corrected chi connectivity index (χ1v) is 7.25. The van der Waals surface area contributed by atoms with Crippen molar-refractivity contribution in [3.63, 3.8) is 0 Å². The van der Waals surface area contributed by atoms with E-state index >= 15 is 0 Å². The van der Waals surface area contributed by atoms with Gasteiger partial charge in [-0.15, -0.1) is 0 Å². The van der Waals surface area contributed by atoms with Crippen molar-refractivity contribution in [2.45, 2.75) is 19.4 Å². The summed E-state index contributed by atoms with van der Waals surface area (Å²) in [6, 6.07) is 16.9. The first kappa shape index (κ1) is 14.4. The van der Waals surface area contributed by atoms with Gasteiger partial charge < -0.3 is 5.11 Å². The van der Waals surface area contributed by atoms with Crippen molar-refractivity contribution < 1.29 is 9.90 Å². The van der Waals surface area contributed by atoms with E-state index in [1.165, 1.54) is 0 Å². The summed E-state index contributed by atoms with van der Waals surface area (Å²) >= 11 is 0.